The Morgan fingerprint density at radius 1 is 1.42 bits per heavy atom. The largest absolute Gasteiger partial charge is 0.381 e. The Balaban J connectivity index is 1.69. The normalized spacial score (nSPS) is 24.5. The Labute approximate surface area is 146 Å². The van der Waals surface area contributed by atoms with Crippen molar-refractivity contribution in [2.45, 2.75) is 52.4 Å². The van der Waals surface area contributed by atoms with Crippen molar-refractivity contribution >= 4 is 5.91 Å². The third-order valence-corrected chi connectivity index (χ3v) is 5.51. The fourth-order valence-electron chi connectivity index (χ4n) is 3.79. The summed E-state index contributed by atoms with van der Waals surface area (Å²) in [6, 6.07) is 2.56. The van der Waals surface area contributed by atoms with Gasteiger partial charge in [0.25, 0.3) is 0 Å². The van der Waals surface area contributed by atoms with Crippen molar-refractivity contribution in [2.75, 3.05) is 39.4 Å². The van der Waals surface area contributed by atoms with Gasteiger partial charge in [0.05, 0.1) is 11.5 Å². The topological polar surface area (TPSA) is 65.4 Å². The summed E-state index contributed by atoms with van der Waals surface area (Å²) in [6.07, 6.45) is 6.24. The van der Waals surface area contributed by atoms with Crippen molar-refractivity contribution in [3.8, 4) is 6.07 Å². The van der Waals surface area contributed by atoms with E-state index in [1.807, 2.05) is 13.8 Å². The predicted molar refractivity (Wildman–Crippen MR) is 94.3 cm³/mol. The van der Waals surface area contributed by atoms with E-state index < -0.39 is 0 Å². The van der Waals surface area contributed by atoms with Crippen LogP contribution in [0.25, 0.3) is 0 Å². The zero-order chi connectivity index (χ0) is 17.4. The maximum Gasteiger partial charge on any atom is 0.222 e. The van der Waals surface area contributed by atoms with Crippen molar-refractivity contribution in [3.63, 3.8) is 0 Å². The summed E-state index contributed by atoms with van der Waals surface area (Å²) in [7, 11) is 0. The molecule has 5 heteroatoms. The number of likely N-dealkylation sites (tertiary alicyclic amines) is 1. The number of carbonyl (C=O) groups is 1. The van der Waals surface area contributed by atoms with Crippen LogP contribution in [0.4, 0.5) is 0 Å². The predicted octanol–water partition coefficient (Wildman–Crippen LogP) is 2.57. The van der Waals surface area contributed by atoms with E-state index in [1.54, 1.807) is 0 Å². The second kappa shape index (κ2) is 9.39. The van der Waals surface area contributed by atoms with Crippen LogP contribution in [0.3, 0.4) is 0 Å². The Bertz CT molecular complexity index is 438. The molecule has 1 amide bonds. The van der Waals surface area contributed by atoms with Gasteiger partial charge in [0, 0.05) is 32.2 Å². The fourth-order valence-corrected chi connectivity index (χ4v) is 3.79. The van der Waals surface area contributed by atoms with Crippen molar-refractivity contribution in [1.29, 1.82) is 5.26 Å². The van der Waals surface area contributed by atoms with E-state index in [0.717, 1.165) is 65.1 Å². The molecule has 0 spiro atoms. The molecule has 0 unspecified atom stereocenters. The minimum atomic E-state index is -0.154. The van der Waals surface area contributed by atoms with Crippen LogP contribution in [0, 0.1) is 28.6 Å². The lowest BCUT2D eigenvalue weighted by molar-refractivity contribution is -0.124. The number of ether oxygens (including phenoxy) is 1. The van der Waals surface area contributed by atoms with Crippen molar-refractivity contribution < 1.29 is 9.53 Å². The second-order valence-corrected chi connectivity index (χ2v) is 7.82. The quantitative estimate of drug-likeness (QED) is 0.776. The first-order valence-corrected chi connectivity index (χ1v) is 9.54. The van der Waals surface area contributed by atoms with Crippen LogP contribution in [0.1, 0.15) is 52.4 Å². The lowest BCUT2D eigenvalue weighted by Crippen LogP contribution is -2.42. The van der Waals surface area contributed by atoms with Crippen LogP contribution >= 0.6 is 0 Å². The van der Waals surface area contributed by atoms with Crippen molar-refractivity contribution in [2.24, 2.45) is 17.3 Å². The minimum absolute atomic E-state index is 0.0614. The maximum absolute atomic E-state index is 11.7. The molecule has 0 radical (unpaired) electrons. The van der Waals surface area contributed by atoms with Gasteiger partial charge in [-0.3, -0.25) is 4.79 Å². The van der Waals surface area contributed by atoms with Gasteiger partial charge >= 0.3 is 0 Å². The van der Waals surface area contributed by atoms with E-state index in [0.29, 0.717) is 5.92 Å². The second-order valence-electron chi connectivity index (χ2n) is 7.82. The van der Waals surface area contributed by atoms with Crippen LogP contribution in [-0.4, -0.2) is 50.2 Å². The van der Waals surface area contributed by atoms with Gasteiger partial charge in [-0.2, -0.15) is 5.26 Å². The van der Waals surface area contributed by atoms with E-state index in [9.17, 15) is 10.1 Å². The molecule has 2 rings (SSSR count). The Kier molecular flexibility index (Phi) is 7.51. The van der Waals surface area contributed by atoms with Crippen LogP contribution < -0.4 is 5.32 Å². The number of nitrogens with zero attached hydrogens (tertiary/aromatic N) is 2. The van der Waals surface area contributed by atoms with Crippen molar-refractivity contribution in [3.05, 3.63) is 0 Å². The van der Waals surface area contributed by atoms with Crippen LogP contribution in [0.15, 0.2) is 0 Å². The summed E-state index contributed by atoms with van der Waals surface area (Å²) in [5.41, 5.74) is -0.154. The highest BCUT2D eigenvalue weighted by molar-refractivity contribution is 5.77. The fraction of sp³-hybridized carbons (Fsp3) is 0.895. The number of hydrogen-bond acceptors (Lipinski definition) is 4. The molecule has 0 bridgehead atoms. The van der Waals surface area contributed by atoms with Crippen LogP contribution in [-0.2, 0) is 9.53 Å². The average Bonchev–Trinajstić information content (AvgIpc) is 2.60. The maximum atomic E-state index is 11.7. The molecule has 0 aromatic carbocycles. The summed E-state index contributed by atoms with van der Waals surface area (Å²) in [5, 5.41) is 12.6. The summed E-state index contributed by atoms with van der Waals surface area (Å²) >= 11 is 0. The standard InChI is InChI=1S/C19H33N3O2/c1-16(2)18(23)21-13-17-5-3-9-22(14-17)10-4-6-19(15-20)7-11-24-12-8-19/h16-17H,3-14H2,1-2H3,(H,21,23)/t17-/m1/s1. The number of amides is 1. The van der Waals surface area contributed by atoms with Gasteiger partial charge in [0.2, 0.25) is 5.91 Å². The lowest BCUT2D eigenvalue weighted by Gasteiger charge is -2.35. The number of nitrogens with one attached hydrogen (secondary N) is 1. The van der Waals surface area contributed by atoms with E-state index in [2.05, 4.69) is 16.3 Å². The Hall–Kier alpha value is -1.12. The number of rotatable bonds is 7. The zero-order valence-corrected chi connectivity index (χ0v) is 15.4. The smallest absolute Gasteiger partial charge is 0.222 e. The summed E-state index contributed by atoms with van der Waals surface area (Å²) in [5.74, 6) is 0.781. The molecule has 24 heavy (non-hydrogen) atoms. The molecule has 2 aliphatic rings. The van der Waals surface area contributed by atoms with Crippen LogP contribution in [0.5, 0.6) is 0 Å². The highest BCUT2D eigenvalue weighted by Gasteiger charge is 2.32. The molecule has 2 aliphatic heterocycles. The number of hydrogen-bond donors (Lipinski definition) is 1. The highest BCUT2D eigenvalue weighted by atomic mass is 16.5. The third-order valence-electron chi connectivity index (χ3n) is 5.51. The number of nitriles is 1. The molecule has 0 aromatic heterocycles. The molecule has 0 aliphatic carbocycles. The van der Waals surface area contributed by atoms with Gasteiger partial charge in [-0.25, -0.2) is 0 Å². The van der Waals surface area contributed by atoms with Gasteiger partial charge in [0.15, 0.2) is 0 Å². The summed E-state index contributed by atoms with van der Waals surface area (Å²) in [4.78, 5) is 14.2. The molecule has 1 atom stereocenters. The molecule has 2 saturated heterocycles. The first kappa shape index (κ1) is 19.2. The molecule has 2 fully saturated rings. The molecule has 136 valence electrons. The van der Waals surface area contributed by atoms with Gasteiger partial charge in [-0.05, 0) is 57.5 Å². The molecular formula is C19H33N3O2. The molecule has 1 N–H and O–H groups in total. The third kappa shape index (κ3) is 5.75. The van der Waals surface area contributed by atoms with Gasteiger partial charge in [-0.15, -0.1) is 0 Å². The Morgan fingerprint density at radius 2 is 2.17 bits per heavy atom. The minimum Gasteiger partial charge on any atom is -0.381 e. The van der Waals surface area contributed by atoms with E-state index >= 15 is 0 Å². The first-order valence-electron chi connectivity index (χ1n) is 9.54. The average molecular weight is 335 g/mol. The van der Waals surface area contributed by atoms with Gasteiger partial charge < -0.3 is 15.0 Å². The van der Waals surface area contributed by atoms with Crippen LogP contribution in [0.2, 0.25) is 0 Å². The Morgan fingerprint density at radius 3 is 2.83 bits per heavy atom. The molecular weight excluding hydrogens is 302 g/mol. The summed E-state index contributed by atoms with van der Waals surface area (Å²) < 4.78 is 5.40. The number of piperidine rings is 1. The van der Waals surface area contributed by atoms with Gasteiger partial charge in [0.1, 0.15) is 0 Å². The van der Waals surface area contributed by atoms with E-state index in [-0.39, 0.29) is 17.2 Å². The van der Waals surface area contributed by atoms with E-state index in [4.69, 9.17) is 4.74 Å². The highest BCUT2D eigenvalue weighted by Crippen LogP contribution is 2.34. The van der Waals surface area contributed by atoms with E-state index in [1.165, 1.54) is 12.8 Å². The molecule has 2 heterocycles. The number of carbonyl (C=O) groups excluding carboxylic acids is 1. The van der Waals surface area contributed by atoms with Crippen molar-refractivity contribution in [1.82, 2.24) is 10.2 Å². The van der Waals surface area contributed by atoms with Gasteiger partial charge in [-0.1, -0.05) is 13.8 Å². The molecule has 0 saturated carbocycles. The zero-order valence-electron chi connectivity index (χ0n) is 15.4. The lowest BCUT2D eigenvalue weighted by atomic mass is 9.78. The SMILES string of the molecule is CC(C)C(=O)NC[C@H]1CCCN(CCCC2(C#N)CCOCC2)C1. The summed E-state index contributed by atoms with van der Waals surface area (Å²) in [6.45, 7) is 9.42. The molecule has 0 aromatic rings. The monoisotopic (exact) mass is 335 g/mol. The molecule has 5 nitrogen and oxygen atoms in total. The first-order chi connectivity index (χ1) is 11.5.